The summed E-state index contributed by atoms with van der Waals surface area (Å²) in [6.45, 7) is 0. The third-order valence-electron chi connectivity index (χ3n) is 7.47. The van der Waals surface area contributed by atoms with Crippen LogP contribution < -0.4 is 14.2 Å². The molecule has 0 aromatic heterocycles. The molecule has 1 atom stereocenters. The second-order valence-corrected chi connectivity index (χ2v) is 9.71. The SMILES string of the molecule is COc1ccc2c(c1)OC(c1ccccc1)=C(c1ccccc1)C21C=Cc2c(ccc3cc([N+](=O)[O-])ccc23)O1. The molecule has 40 heavy (non-hydrogen) atoms. The number of rotatable bonds is 4. The molecule has 1 unspecified atom stereocenters. The predicted octanol–water partition coefficient (Wildman–Crippen LogP) is 8.02. The summed E-state index contributed by atoms with van der Waals surface area (Å²) in [6, 6.07) is 34.5. The van der Waals surface area contributed by atoms with Crippen molar-refractivity contribution in [2.24, 2.45) is 0 Å². The number of hydrogen-bond acceptors (Lipinski definition) is 5. The monoisotopic (exact) mass is 525 g/mol. The number of hydrogen-bond donors (Lipinski definition) is 0. The quantitative estimate of drug-likeness (QED) is 0.176. The summed E-state index contributed by atoms with van der Waals surface area (Å²) in [5.74, 6) is 2.69. The summed E-state index contributed by atoms with van der Waals surface area (Å²) in [7, 11) is 1.63. The first-order chi connectivity index (χ1) is 19.6. The van der Waals surface area contributed by atoms with Crippen molar-refractivity contribution in [3.05, 3.63) is 148 Å². The van der Waals surface area contributed by atoms with Crippen molar-refractivity contribution in [2.45, 2.75) is 5.60 Å². The molecule has 0 amide bonds. The number of non-ortho nitro benzene ring substituents is 1. The van der Waals surface area contributed by atoms with Gasteiger partial charge < -0.3 is 14.2 Å². The standard InChI is InChI=1S/C34H23NO5/c1-38-26-14-16-29-31(21-26)39-33(23-10-6-3-7-11-23)32(22-8-4-2-5-9-22)34(29)19-18-28-27-15-13-25(35(36)37)20-24(27)12-17-30(28)40-34/h2-21H,1H3. The zero-order chi connectivity index (χ0) is 27.3. The lowest BCUT2D eigenvalue weighted by Crippen LogP contribution is -2.38. The summed E-state index contributed by atoms with van der Waals surface area (Å²) in [6.07, 6.45) is 4.12. The van der Waals surface area contributed by atoms with Gasteiger partial charge in [-0.2, -0.15) is 0 Å². The van der Waals surface area contributed by atoms with Gasteiger partial charge in [0.2, 0.25) is 0 Å². The number of ether oxygens (including phenoxy) is 3. The second kappa shape index (κ2) is 9.13. The summed E-state index contributed by atoms with van der Waals surface area (Å²) in [5.41, 5.74) is 3.51. The van der Waals surface area contributed by atoms with E-state index in [1.807, 2.05) is 78.9 Å². The van der Waals surface area contributed by atoms with Crippen LogP contribution in [-0.2, 0) is 5.60 Å². The molecule has 194 valence electrons. The van der Waals surface area contributed by atoms with Crippen molar-refractivity contribution in [1.82, 2.24) is 0 Å². The highest BCUT2D eigenvalue weighted by Crippen LogP contribution is 2.55. The van der Waals surface area contributed by atoms with Crippen LogP contribution in [0.2, 0.25) is 0 Å². The highest BCUT2D eigenvalue weighted by atomic mass is 16.6. The Morgan fingerprint density at radius 3 is 2.27 bits per heavy atom. The average molecular weight is 526 g/mol. The smallest absolute Gasteiger partial charge is 0.270 e. The van der Waals surface area contributed by atoms with Crippen molar-refractivity contribution in [2.75, 3.05) is 7.11 Å². The molecule has 6 nitrogen and oxygen atoms in total. The van der Waals surface area contributed by atoms with Crippen LogP contribution >= 0.6 is 0 Å². The van der Waals surface area contributed by atoms with E-state index in [0.29, 0.717) is 23.0 Å². The van der Waals surface area contributed by atoms with Gasteiger partial charge in [-0.3, -0.25) is 10.1 Å². The van der Waals surface area contributed by atoms with Crippen molar-refractivity contribution in [3.63, 3.8) is 0 Å². The third-order valence-corrected chi connectivity index (χ3v) is 7.47. The van der Waals surface area contributed by atoms with E-state index < -0.39 is 5.60 Å². The van der Waals surface area contributed by atoms with Gasteiger partial charge in [0.1, 0.15) is 23.0 Å². The van der Waals surface area contributed by atoms with E-state index in [2.05, 4.69) is 24.3 Å². The molecule has 2 aliphatic rings. The maximum Gasteiger partial charge on any atom is 0.270 e. The summed E-state index contributed by atoms with van der Waals surface area (Å²) in [4.78, 5) is 11.0. The minimum atomic E-state index is -1.02. The van der Waals surface area contributed by atoms with Crippen LogP contribution in [0.15, 0.2) is 115 Å². The second-order valence-electron chi connectivity index (χ2n) is 9.71. The Morgan fingerprint density at radius 2 is 1.55 bits per heavy atom. The van der Waals surface area contributed by atoms with Gasteiger partial charge in [0.25, 0.3) is 5.69 Å². The molecular formula is C34H23NO5. The highest BCUT2D eigenvalue weighted by molar-refractivity contribution is 6.00. The van der Waals surface area contributed by atoms with Gasteiger partial charge >= 0.3 is 0 Å². The average Bonchev–Trinajstić information content (AvgIpc) is 3.01. The topological polar surface area (TPSA) is 70.8 Å². The first-order valence-corrected chi connectivity index (χ1v) is 12.9. The Morgan fingerprint density at radius 1 is 0.800 bits per heavy atom. The molecule has 6 heteroatoms. The van der Waals surface area contributed by atoms with Crippen LogP contribution in [0.25, 0.3) is 28.2 Å². The summed E-state index contributed by atoms with van der Waals surface area (Å²) >= 11 is 0. The number of benzene rings is 5. The fourth-order valence-electron chi connectivity index (χ4n) is 5.61. The number of nitro groups is 1. The lowest BCUT2D eigenvalue weighted by Gasteiger charge is -2.42. The summed E-state index contributed by atoms with van der Waals surface area (Å²) in [5, 5.41) is 13.0. The van der Waals surface area contributed by atoms with E-state index in [1.54, 1.807) is 19.2 Å². The number of nitrogens with zero attached hydrogens (tertiary/aromatic N) is 1. The van der Waals surface area contributed by atoms with Gasteiger partial charge in [0.05, 0.1) is 17.6 Å². The molecule has 0 aliphatic carbocycles. The predicted molar refractivity (Wildman–Crippen MR) is 155 cm³/mol. The largest absolute Gasteiger partial charge is 0.497 e. The normalized spacial score (nSPS) is 17.1. The molecule has 2 heterocycles. The lowest BCUT2D eigenvalue weighted by molar-refractivity contribution is -0.384. The molecule has 7 rings (SSSR count). The van der Waals surface area contributed by atoms with Crippen molar-refractivity contribution < 1.29 is 19.1 Å². The van der Waals surface area contributed by atoms with E-state index in [1.165, 1.54) is 6.07 Å². The van der Waals surface area contributed by atoms with Crippen LogP contribution in [0.5, 0.6) is 17.2 Å². The fourth-order valence-corrected chi connectivity index (χ4v) is 5.61. The number of fused-ring (bicyclic) bond motifs is 5. The van der Waals surface area contributed by atoms with Gasteiger partial charge in [-0.1, -0.05) is 66.7 Å². The molecule has 0 bridgehead atoms. The maximum absolute atomic E-state index is 11.4. The van der Waals surface area contributed by atoms with Crippen molar-refractivity contribution in [3.8, 4) is 17.2 Å². The third kappa shape index (κ3) is 3.65. The van der Waals surface area contributed by atoms with E-state index >= 15 is 0 Å². The molecule has 2 aliphatic heterocycles. The van der Waals surface area contributed by atoms with Gasteiger partial charge in [0, 0.05) is 34.9 Å². The molecule has 0 fully saturated rings. The van der Waals surface area contributed by atoms with Crippen LogP contribution in [-0.4, -0.2) is 12.0 Å². The van der Waals surface area contributed by atoms with Gasteiger partial charge in [-0.15, -0.1) is 0 Å². The molecule has 5 aromatic carbocycles. The zero-order valence-corrected chi connectivity index (χ0v) is 21.5. The van der Waals surface area contributed by atoms with Gasteiger partial charge in [-0.05, 0) is 52.8 Å². The minimum Gasteiger partial charge on any atom is -0.497 e. The van der Waals surface area contributed by atoms with Crippen molar-refractivity contribution in [1.29, 1.82) is 0 Å². The van der Waals surface area contributed by atoms with Crippen molar-refractivity contribution >= 4 is 33.9 Å². The number of nitro benzene ring substituents is 1. The molecule has 0 saturated carbocycles. The van der Waals surface area contributed by atoms with Gasteiger partial charge in [0.15, 0.2) is 5.60 Å². The minimum absolute atomic E-state index is 0.0544. The first-order valence-electron chi connectivity index (χ1n) is 12.9. The van der Waals surface area contributed by atoms with Crippen LogP contribution in [0.4, 0.5) is 5.69 Å². The highest BCUT2D eigenvalue weighted by Gasteiger charge is 2.47. The molecule has 1 spiro atoms. The van der Waals surface area contributed by atoms with Gasteiger partial charge in [-0.25, -0.2) is 0 Å². The molecule has 5 aromatic rings. The lowest BCUT2D eigenvalue weighted by atomic mass is 9.76. The Bertz CT molecular complexity index is 1860. The molecule has 0 saturated heterocycles. The number of methoxy groups -OCH3 is 1. The van der Waals surface area contributed by atoms with E-state index in [4.69, 9.17) is 14.2 Å². The van der Waals surface area contributed by atoms with E-state index in [9.17, 15) is 10.1 Å². The van der Waals surface area contributed by atoms with Crippen LogP contribution in [0.3, 0.4) is 0 Å². The fraction of sp³-hybridized carbons (Fsp3) is 0.0588. The molecular weight excluding hydrogens is 502 g/mol. The Balaban J connectivity index is 1.51. The van der Waals surface area contributed by atoms with E-state index in [0.717, 1.165) is 38.6 Å². The van der Waals surface area contributed by atoms with Crippen LogP contribution in [0.1, 0.15) is 22.3 Å². The first kappa shape index (κ1) is 23.7. The van der Waals surface area contributed by atoms with E-state index in [-0.39, 0.29) is 10.6 Å². The Kier molecular flexibility index (Phi) is 5.42. The zero-order valence-electron chi connectivity index (χ0n) is 21.5. The Hall–Kier alpha value is -5.36. The summed E-state index contributed by atoms with van der Waals surface area (Å²) < 4.78 is 19.3. The molecule has 0 N–H and O–H groups in total. The molecule has 0 radical (unpaired) electrons. The maximum atomic E-state index is 11.4. The Labute approximate surface area is 230 Å². The van der Waals surface area contributed by atoms with Crippen LogP contribution in [0, 0.1) is 10.1 Å².